The van der Waals surface area contributed by atoms with E-state index in [4.69, 9.17) is 0 Å². The van der Waals surface area contributed by atoms with Crippen LogP contribution in [-0.2, 0) is 10.8 Å². The monoisotopic (exact) mass is 204 g/mol. The van der Waals surface area contributed by atoms with Crippen molar-refractivity contribution in [2.24, 2.45) is 0 Å². The van der Waals surface area contributed by atoms with Crippen molar-refractivity contribution >= 4 is 22.6 Å². The third kappa shape index (κ3) is 3.31. The predicted molar refractivity (Wildman–Crippen MR) is 57.7 cm³/mol. The molecular formula is C9H16OS2. The highest BCUT2D eigenvalue weighted by atomic mass is 32.2. The second kappa shape index (κ2) is 5.81. The van der Waals surface area contributed by atoms with Crippen LogP contribution in [0.1, 0.15) is 32.6 Å². The average molecular weight is 204 g/mol. The standard InChI is InChI=1S/C9H16OS2/c1-2-3-4-6-9-11-7-5-8-12(9)10/h6H,2-5,7-8H2,1H3/b9-6-. The zero-order valence-electron chi connectivity index (χ0n) is 7.54. The molecule has 0 N–H and O–H groups in total. The smallest absolute Gasteiger partial charge is 0.0676 e. The number of hydrogen-bond donors (Lipinski definition) is 0. The predicted octanol–water partition coefficient (Wildman–Crippen LogP) is 2.90. The van der Waals surface area contributed by atoms with Gasteiger partial charge in [-0.2, -0.15) is 0 Å². The van der Waals surface area contributed by atoms with Crippen LogP contribution in [0.25, 0.3) is 0 Å². The lowest BCUT2D eigenvalue weighted by Gasteiger charge is -2.12. The molecule has 1 saturated heterocycles. The van der Waals surface area contributed by atoms with E-state index >= 15 is 0 Å². The second-order valence-electron chi connectivity index (χ2n) is 2.92. The summed E-state index contributed by atoms with van der Waals surface area (Å²) in [4.78, 5) is 0. The Hall–Kier alpha value is 0.240. The molecule has 0 aliphatic carbocycles. The van der Waals surface area contributed by atoms with Crippen molar-refractivity contribution in [3.8, 4) is 0 Å². The van der Waals surface area contributed by atoms with Crippen molar-refractivity contribution in [1.29, 1.82) is 0 Å². The third-order valence-electron chi connectivity index (χ3n) is 1.81. The first-order valence-corrected chi connectivity index (χ1v) is 6.86. The minimum Gasteiger partial charge on any atom is -0.254 e. The summed E-state index contributed by atoms with van der Waals surface area (Å²) in [5, 5.41) is 0. The van der Waals surface area contributed by atoms with Crippen molar-refractivity contribution in [3.63, 3.8) is 0 Å². The summed E-state index contributed by atoms with van der Waals surface area (Å²) >= 11 is 1.78. The fourth-order valence-electron chi connectivity index (χ4n) is 1.11. The van der Waals surface area contributed by atoms with Gasteiger partial charge in [0, 0.05) is 5.75 Å². The lowest BCUT2D eigenvalue weighted by Crippen LogP contribution is -2.06. The van der Waals surface area contributed by atoms with Crippen LogP contribution in [0.2, 0.25) is 0 Å². The number of rotatable bonds is 3. The van der Waals surface area contributed by atoms with E-state index in [1.54, 1.807) is 11.8 Å². The van der Waals surface area contributed by atoms with Gasteiger partial charge in [0.25, 0.3) is 0 Å². The van der Waals surface area contributed by atoms with E-state index in [1.165, 1.54) is 12.8 Å². The molecule has 0 aromatic heterocycles. The molecule has 3 heteroatoms. The van der Waals surface area contributed by atoms with E-state index in [2.05, 4.69) is 13.0 Å². The molecular weight excluding hydrogens is 188 g/mol. The minimum absolute atomic E-state index is 0.657. The Morgan fingerprint density at radius 1 is 1.67 bits per heavy atom. The van der Waals surface area contributed by atoms with Crippen molar-refractivity contribution in [2.45, 2.75) is 32.6 Å². The molecule has 0 amide bonds. The van der Waals surface area contributed by atoms with Gasteiger partial charge in [-0.1, -0.05) is 25.8 Å². The summed E-state index contributed by atoms with van der Waals surface area (Å²) < 4.78 is 12.5. The molecule has 0 bridgehead atoms. The molecule has 0 aromatic carbocycles. The molecule has 0 aromatic rings. The largest absolute Gasteiger partial charge is 0.254 e. The SMILES string of the molecule is CCCC/C=C1/SCCCS1=O. The van der Waals surface area contributed by atoms with Crippen molar-refractivity contribution in [1.82, 2.24) is 0 Å². The van der Waals surface area contributed by atoms with Crippen LogP contribution >= 0.6 is 11.8 Å². The zero-order valence-corrected chi connectivity index (χ0v) is 9.18. The maximum atomic E-state index is 11.4. The molecule has 1 unspecified atom stereocenters. The number of unbranched alkanes of at least 4 members (excludes halogenated alkanes) is 2. The fourth-order valence-corrected chi connectivity index (χ4v) is 3.95. The van der Waals surface area contributed by atoms with Gasteiger partial charge in [-0.25, -0.2) is 0 Å². The number of allylic oxidation sites excluding steroid dienone is 1. The lowest BCUT2D eigenvalue weighted by molar-refractivity contribution is 0.686. The summed E-state index contributed by atoms with van der Waals surface area (Å²) in [6, 6.07) is 0. The molecule has 0 saturated carbocycles. The lowest BCUT2D eigenvalue weighted by atomic mass is 10.2. The molecule has 1 rings (SSSR count). The Balaban J connectivity index is 2.36. The summed E-state index contributed by atoms with van der Waals surface area (Å²) in [5.41, 5.74) is 0. The molecule has 0 spiro atoms. The molecule has 70 valence electrons. The molecule has 1 aliphatic heterocycles. The maximum Gasteiger partial charge on any atom is 0.0676 e. The minimum atomic E-state index is -0.657. The van der Waals surface area contributed by atoms with E-state index in [9.17, 15) is 4.21 Å². The van der Waals surface area contributed by atoms with E-state index in [-0.39, 0.29) is 0 Å². The van der Waals surface area contributed by atoms with Crippen molar-refractivity contribution < 1.29 is 4.21 Å². The Labute approximate surface area is 81.5 Å². The highest BCUT2D eigenvalue weighted by Crippen LogP contribution is 2.26. The number of thioether (sulfide) groups is 1. The fraction of sp³-hybridized carbons (Fsp3) is 0.778. The highest BCUT2D eigenvalue weighted by molar-refractivity contribution is 8.17. The Morgan fingerprint density at radius 3 is 3.17 bits per heavy atom. The molecule has 1 heterocycles. The van der Waals surface area contributed by atoms with Crippen molar-refractivity contribution in [2.75, 3.05) is 11.5 Å². The molecule has 1 fully saturated rings. The molecule has 12 heavy (non-hydrogen) atoms. The third-order valence-corrected chi connectivity index (χ3v) is 4.94. The summed E-state index contributed by atoms with van der Waals surface area (Å²) in [7, 11) is -0.657. The van der Waals surface area contributed by atoms with Gasteiger partial charge in [0.2, 0.25) is 0 Å². The Morgan fingerprint density at radius 2 is 2.50 bits per heavy atom. The topological polar surface area (TPSA) is 17.1 Å². The van der Waals surface area contributed by atoms with E-state index in [1.807, 2.05) is 0 Å². The first kappa shape index (κ1) is 10.3. The summed E-state index contributed by atoms with van der Waals surface area (Å²) in [5.74, 6) is 2.04. The van der Waals surface area contributed by atoms with E-state index in [0.29, 0.717) is 0 Å². The van der Waals surface area contributed by atoms with Crippen LogP contribution in [-0.4, -0.2) is 15.7 Å². The van der Waals surface area contributed by atoms with Crippen molar-refractivity contribution in [3.05, 3.63) is 10.3 Å². The van der Waals surface area contributed by atoms with Gasteiger partial charge in [0.15, 0.2) is 0 Å². The van der Waals surface area contributed by atoms with Gasteiger partial charge in [0.1, 0.15) is 0 Å². The summed E-state index contributed by atoms with van der Waals surface area (Å²) in [6.45, 7) is 2.18. The summed E-state index contributed by atoms with van der Waals surface area (Å²) in [6.07, 6.45) is 6.83. The van der Waals surface area contributed by atoms with Gasteiger partial charge < -0.3 is 0 Å². The first-order chi connectivity index (χ1) is 5.84. The van der Waals surface area contributed by atoms with Gasteiger partial charge in [-0.05, 0) is 18.6 Å². The van der Waals surface area contributed by atoms with Gasteiger partial charge in [0.05, 0.1) is 15.0 Å². The zero-order chi connectivity index (χ0) is 8.81. The van der Waals surface area contributed by atoms with Crippen LogP contribution in [0.15, 0.2) is 10.3 Å². The molecule has 1 aliphatic rings. The number of hydrogen-bond acceptors (Lipinski definition) is 2. The van der Waals surface area contributed by atoms with E-state index < -0.39 is 10.8 Å². The molecule has 1 atom stereocenters. The highest BCUT2D eigenvalue weighted by Gasteiger charge is 2.12. The molecule has 1 nitrogen and oxygen atoms in total. The molecule has 0 radical (unpaired) electrons. The van der Waals surface area contributed by atoms with Crippen LogP contribution in [0.3, 0.4) is 0 Å². The average Bonchev–Trinajstić information content (AvgIpc) is 2.09. The van der Waals surface area contributed by atoms with Gasteiger partial charge in [-0.3, -0.25) is 4.21 Å². The quantitative estimate of drug-likeness (QED) is 0.658. The van der Waals surface area contributed by atoms with Crippen LogP contribution in [0.5, 0.6) is 0 Å². The Kier molecular flexibility index (Phi) is 5.00. The van der Waals surface area contributed by atoms with E-state index in [0.717, 1.165) is 28.6 Å². The van der Waals surface area contributed by atoms with Crippen LogP contribution in [0, 0.1) is 0 Å². The maximum absolute atomic E-state index is 11.4. The normalized spacial score (nSPS) is 27.8. The first-order valence-electron chi connectivity index (χ1n) is 4.56. The van der Waals surface area contributed by atoms with Gasteiger partial charge >= 0.3 is 0 Å². The van der Waals surface area contributed by atoms with Crippen LogP contribution in [0.4, 0.5) is 0 Å². The van der Waals surface area contributed by atoms with Gasteiger partial charge in [-0.15, -0.1) is 11.8 Å². The second-order valence-corrected chi connectivity index (χ2v) is 5.85. The Bertz CT molecular complexity index is 187. The van der Waals surface area contributed by atoms with Crippen LogP contribution < -0.4 is 0 Å².